The van der Waals surface area contributed by atoms with Crippen molar-refractivity contribution in [3.63, 3.8) is 0 Å². The lowest BCUT2D eigenvalue weighted by Gasteiger charge is -2.19. The van der Waals surface area contributed by atoms with E-state index in [1.165, 1.54) is 11.6 Å². The Bertz CT molecular complexity index is 641. The number of rotatable bonds is 4. The molecule has 0 amide bonds. The summed E-state index contributed by atoms with van der Waals surface area (Å²) in [6.45, 7) is 4.96. The highest BCUT2D eigenvalue weighted by molar-refractivity contribution is 5.44. The number of fused-ring (bicyclic) bond motifs is 1. The van der Waals surface area contributed by atoms with Crippen molar-refractivity contribution in [2.45, 2.75) is 32.4 Å². The fourth-order valence-electron chi connectivity index (χ4n) is 2.94. The van der Waals surface area contributed by atoms with Crippen LogP contribution in [0.4, 0.5) is 4.39 Å². The van der Waals surface area contributed by atoms with E-state index in [0.717, 1.165) is 29.8 Å². The molecule has 1 N–H and O–H groups in total. The summed E-state index contributed by atoms with van der Waals surface area (Å²) in [7, 11) is 0. The lowest BCUT2D eigenvalue weighted by molar-refractivity contribution is 0.254. The van der Waals surface area contributed by atoms with E-state index in [2.05, 4.69) is 31.3 Å². The summed E-state index contributed by atoms with van der Waals surface area (Å²) in [6.07, 6.45) is 1.17. The predicted molar refractivity (Wildman–Crippen MR) is 82.2 cm³/mol. The van der Waals surface area contributed by atoms with Crippen molar-refractivity contribution >= 4 is 0 Å². The van der Waals surface area contributed by atoms with Crippen LogP contribution in [0.3, 0.4) is 0 Å². The summed E-state index contributed by atoms with van der Waals surface area (Å²) >= 11 is 0. The Morgan fingerprint density at radius 2 is 2.05 bits per heavy atom. The van der Waals surface area contributed by atoms with Gasteiger partial charge in [0, 0.05) is 6.42 Å². The number of ether oxygens (including phenoxy) is 1. The second-order valence-corrected chi connectivity index (χ2v) is 5.55. The van der Waals surface area contributed by atoms with Crippen LogP contribution in [0.2, 0.25) is 0 Å². The van der Waals surface area contributed by atoms with Crippen molar-refractivity contribution in [2.75, 3.05) is 6.54 Å². The lowest BCUT2D eigenvalue weighted by atomic mass is 9.96. The first kappa shape index (κ1) is 14.1. The average Bonchev–Trinajstić information content (AvgIpc) is 2.83. The Labute approximate surface area is 125 Å². The Balaban J connectivity index is 1.96. The second-order valence-electron chi connectivity index (χ2n) is 5.55. The van der Waals surface area contributed by atoms with Gasteiger partial charge in [0.1, 0.15) is 17.7 Å². The van der Waals surface area contributed by atoms with Gasteiger partial charge in [-0.1, -0.05) is 31.2 Å². The second kappa shape index (κ2) is 5.86. The van der Waals surface area contributed by atoms with Gasteiger partial charge in [0.15, 0.2) is 0 Å². The molecule has 1 heterocycles. The van der Waals surface area contributed by atoms with Crippen LogP contribution in [0.1, 0.15) is 36.6 Å². The minimum absolute atomic E-state index is 0.00639. The Morgan fingerprint density at radius 1 is 1.24 bits per heavy atom. The van der Waals surface area contributed by atoms with Crippen molar-refractivity contribution in [2.24, 2.45) is 0 Å². The van der Waals surface area contributed by atoms with Crippen molar-refractivity contribution in [1.82, 2.24) is 5.32 Å². The minimum Gasteiger partial charge on any atom is -0.490 e. The molecule has 21 heavy (non-hydrogen) atoms. The molecule has 2 aromatic carbocycles. The van der Waals surface area contributed by atoms with Crippen LogP contribution in [-0.2, 0) is 6.42 Å². The summed E-state index contributed by atoms with van der Waals surface area (Å²) in [6, 6.07) is 13.1. The zero-order chi connectivity index (χ0) is 14.8. The van der Waals surface area contributed by atoms with Gasteiger partial charge >= 0.3 is 0 Å². The zero-order valence-electron chi connectivity index (χ0n) is 12.4. The Kier molecular flexibility index (Phi) is 3.93. The standard InChI is InChI=1S/C18H20FNO/c1-3-20-18(13-5-4-6-16(19)11-13)14-7-8-17-15(10-14)9-12(2)21-17/h4-8,10-12,18,20H,3,9H2,1-2H3. The molecule has 2 nitrogen and oxygen atoms in total. The Hall–Kier alpha value is -1.87. The molecule has 3 rings (SSSR count). The molecule has 0 saturated carbocycles. The van der Waals surface area contributed by atoms with Gasteiger partial charge in [-0.15, -0.1) is 0 Å². The fraction of sp³-hybridized carbons (Fsp3) is 0.333. The lowest BCUT2D eigenvalue weighted by Crippen LogP contribution is -2.22. The summed E-state index contributed by atoms with van der Waals surface area (Å²) in [4.78, 5) is 0. The quantitative estimate of drug-likeness (QED) is 0.921. The van der Waals surface area contributed by atoms with Gasteiger partial charge in [-0.3, -0.25) is 0 Å². The highest BCUT2D eigenvalue weighted by Gasteiger charge is 2.21. The van der Waals surface area contributed by atoms with E-state index in [4.69, 9.17) is 4.74 Å². The molecule has 0 bridgehead atoms. The first-order chi connectivity index (χ1) is 10.2. The van der Waals surface area contributed by atoms with Crippen LogP contribution < -0.4 is 10.1 Å². The molecular weight excluding hydrogens is 265 g/mol. The Morgan fingerprint density at radius 3 is 2.81 bits per heavy atom. The third-order valence-electron chi connectivity index (χ3n) is 3.84. The normalized spacial score (nSPS) is 18.1. The molecule has 1 aliphatic heterocycles. The predicted octanol–water partition coefficient (Wildman–Crippen LogP) is 3.85. The molecule has 0 spiro atoms. The number of benzene rings is 2. The van der Waals surface area contributed by atoms with Crippen LogP contribution in [0.5, 0.6) is 5.75 Å². The topological polar surface area (TPSA) is 21.3 Å². The molecule has 0 aromatic heterocycles. The molecular formula is C18H20FNO. The summed E-state index contributed by atoms with van der Waals surface area (Å²) in [5, 5.41) is 3.44. The third kappa shape index (κ3) is 2.93. The molecule has 110 valence electrons. The molecule has 0 saturated heterocycles. The number of hydrogen-bond donors (Lipinski definition) is 1. The molecule has 1 aliphatic rings. The van der Waals surface area contributed by atoms with Crippen molar-refractivity contribution in [3.05, 3.63) is 65.0 Å². The monoisotopic (exact) mass is 285 g/mol. The van der Waals surface area contributed by atoms with E-state index in [9.17, 15) is 4.39 Å². The van der Waals surface area contributed by atoms with Gasteiger partial charge in [-0.25, -0.2) is 4.39 Å². The molecule has 3 heteroatoms. The van der Waals surface area contributed by atoms with Gasteiger partial charge < -0.3 is 10.1 Å². The van der Waals surface area contributed by atoms with Crippen LogP contribution >= 0.6 is 0 Å². The first-order valence-electron chi connectivity index (χ1n) is 7.45. The minimum atomic E-state index is -0.200. The maximum Gasteiger partial charge on any atom is 0.123 e. The molecule has 2 atom stereocenters. The molecule has 0 aliphatic carbocycles. The van der Waals surface area contributed by atoms with Gasteiger partial charge in [0.2, 0.25) is 0 Å². The van der Waals surface area contributed by atoms with Gasteiger partial charge in [0.05, 0.1) is 6.04 Å². The summed E-state index contributed by atoms with van der Waals surface area (Å²) < 4.78 is 19.3. The maximum atomic E-state index is 13.5. The van der Waals surface area contributed by atoms with Gasteiger partial charge in [0.25, 0.3) is 0 Å². The highest BCUT2D eigenvalue weighted by Crippen LogP contribution is 2.32. The smallest absolute Gasteiger partial charge is 0.123 e. The average molecular weight is 285 g/mol. The van der Waals surface area contributed by atoms with E-state index >= 15 is 0 Å². The van der Waals surface area contributed by atoms with Crippen LogP contribution in [0.25, 0.3) is 0 Å². The van der Waals surface area contributed by atoms with Gasteiger partial charge in [-0.2, -0.15) is 0 Å². The number of halogens is 1. The van der Waals surface area contributed by atoms with Crippen molar-refractivity contribution in [1.29, 1.82) is 0 Å². The van der Waals surface area contributed by atoms with E-state index in [0.29, 0.717) is 0 Å². The van der Waals surface area contributed by atoms with Crippen molar-refractivity contribution < 1.29 is 9.13 Å². The first-order valence-corrected chi connectivity index (χ1v) is 7.45. The maximum absolute atomic E-state index is 13.5. The van der Waals surface area contributed by atoms with E-state index in [1.54, 1.807) is 12.1 Å². The van der Waals surface area contributed by atoms with E-state index in [1.807, 2.05) is 12.1 Å². The van der Waals surface area contributed by atoms with Crippen LogP contribution in [0.15, 0.2) is 42.5 Å². The number of hydrogen-bond acceptors (Lipinski definition) is 2. The highest BCUT2D eigenvalue weighted by atomic mass is 19.1. The SMILES string of the molecule is CCNC(c1cccc(F)c1)c1ccc2c(c1)CC(C)O2. The fourth-order valence-corrected chi connectivity index (χ4v) is 2.94. The van der Waals surface area contributed by atoms with E-state index in [-0.39, 0.29) is 18.0 Å². The number of nitrogens with one attached hydrogen (secondary N) is 1. The van der Waals surface area contributed by atoms with Crippen LogP contribution in [0, 0.1) is 5.82 Å². The summed E-state index contributed by atoms with van der Waals surface area (Å²) in [5.74, 6) is 0.772. The molecule has 2 aromatic rings. The van der Waals surface area contributed by atoms with E-state index < -0.39 is 0 Å². The largest absolute Gasteiger partial charge is 0.490 e. The van der Waals surface area contributed by atoms with Crippen LogP contribution in [-0.4, -0.2) is 12.6 Å². The van der Waals surface area contributed by atoms with Gasteiger partial charge in [-0.05, 0) is 48.4 Å². The molecule has 2 unspecified atom stereocenters. The van der Waals surface area contributed by atoms with Crippen molar-refractivity contribution in [3.8, 4) is 5.75 Å². The third-order valence-corrected chi connectivity index (χ3v) is 3.84. The molecule has 0 fully saturated rings. The summed E-state index contributed by atoms with van der Waals surface area (Å²) in [5.41, 5.74) is 3.34. The molecule has 0 radical (unpaired) electrons. The zero-order valence-corrected chi connectivity index (χ0v) is 12.4.